The number of likely N-dealkylation sites (N-methyl/N-ethyl adjacent to an activating group) is 1. The molecular weight excluding hydrogens is 302 g/mol. The maximum absolute atomic E-state index is 10.2. The van der Waals surface area contributed by atoms with Gasteiger partial charge >= 0.3 is 0 Å². The number of aliphatic hydroxyl groups excluding tert-OH is 1. The first-order chi connectivity index (χ1) is 10.7. The largest absolute Gasteiger partial charge is 0.385 e. The average Bonchev–Trinajstić information content (AvgIpc) is 2.40. The number of unbranched alkanes of at least 4 members (excludes halogenated alkanes) is 5. The number of rotatable bonds is 15. The van der Waals surface area contributed by atoms with Crippen LogP contribution in [0.15, 0.2) is 0 Å². The van der Waals surface area contributed by atoms with E-state index in [0.29, 0.717) is 6.61 Å². The Morgan fingerprint density at radius 1 is 0.957 bits per heavy atom. The topological polar surface area (TPSA) is 29.5 Å². The van der Waals surface area contributed by atoms with Gasteiger partial charge in [0, 0.05) is 14.7 Å². The van der Waals surface area contributed by atoms with Gasteiger partial charge in [0.1, 0.15) is 12.6 Å². The molecule has 3 nitrogen and oxygen atoms in total. The van der Waals surface area contributed by atoms with Crippen molar-refractivity contribution < 1.29 is 14.3 Å². The molecule has 0 fully saturated rings. The molecule has 0 bridgehead atoms. The van der Waals surface area contributed by atoms with Crippen molar-refractivity contribution in [1.29, 1.82) is 0 Å². The second-order valence-electron chi connectivity index (χ2n) is 9.00. The summed E-state index contributed by atoms with van der Waals surface area (Å²) in [5.74, 6) is 0. The summed E-state index contributed by atoms with van der Waals surface area (Å²) in [6.45, 7) is 12.7. The van der Waals surface area contributed by atoms with Crippen molar-refractivity contribution in [3.63, 3.8) is 0 Å². The first kappa shape index (κ1) is 23.1. The van der Waals surface area contributed by atoms with Crippen molar-refractivity contribution in [2.75, 3.05) is 40.4 Å². The van der Waals surface area contributed by atoms with E-state index >= 15 is 0 Å². The van der Waals surface area contributed by atoms with Crippen LogP contribution in [0.25, 0.3) is 0 Å². The lowest BCUT2D eigenvalue weighted by molar-refractivity contribution is -0.893. The molecule has 1 unspecified atom stereocenters. The molecule has 1 N–H and O–H groups in total. The van der Waals surface area contributed by atoms with Crippen molar-refractivity contribution in [1.82, 2.24) is 0 Å². The number of hydrogen-bond acceptors (Lipinski definition) is 2. The molecule has 0 heterocycles. The molecule has 0 radical (unpaired) electrons. The zero-order valence-corrected chi connectivity index (χ0v) is 17.9. The highest BCUT2D eigenvalue weighted by Crippen LogP contribution is 2.11. The van der Waals surface area contributed by atoms with Crippen LogP contribution in [0, 0.1) is 0 Å². The summed E-state index contributed by atoms with van der Waals surface area (Å²) >= 11 is 0. The van der Waals surface area contributed by atoms with Gasteiger partial charge in [-0.1, -0.05) is 58.3 Å². The molecule has 0 aliphatic carbocycles. The third kappa shape index (κ3) is 16.7. The molecule has 0 aliphatic heterocycles. The molecule has 0 aliphatic rings. The van der Waals surface area contributed by atoms with E-state index in [2.05, 4.69) is 40.7 Å². The molecule has 0 amide bonds. The Labute approximate surface area is 147 Å². The fraction of sp³-hybridized carbons (Fsp3) is 1.00. The minimum atomic E-state index is -0.946. The van der Waals surface area contributed by atoms with Gasteiger partial charge in [-0.15, -0.1) is 0 Å². The molecule has 0 aromatic heterocycles. The highest BCUT2D eigenvalue weighted by atomic mass is 28.3. The standard InChI is InChI=1S/C19H44NO2Si/c1-7-8-9-10-11-12-14-20(2,3)17-19(21)18-22-15-13-16-23(4,5)6/h19,21H,7-18H2,1-6H3/q+1. The van der Waals surface area contributed by atoms with Gasteiger partial charge in [0.25, 0.3) is 0 Å². The molecule has 0 aromatic carbocycles. The third-order valence-electron chi connectivity index (χ3n) is 4.35. The monoisotopic (exact) mass is 346 g/mol. The van der Waals surface area contributed by atoms with Crippen LogP contribution in [0.5, 0.6) is 0 Å². The third-order valence-corrected chi connectivity index (χ3v) is 6.20. The SMILES string of the molecule is CCCCCCCC[N+](C)(C)CC(O)COCCC[Si](C)(C)C. The van der Waals surface area contributed by atoms with Crippen LogP contribution in [0.4, 0.5) is 0 Å². The number of nitrogens with zero attached hydrogens (tertiary/aromatic N) is 1. The van der Waals surface area contributed by atoms with E-state index in [9.17, 15) is 5.11 Å². The minimum absolute atomic E-state index is 0.336. The van der Waals surface area contributed by atoms with Crippen molar-refractivity contribution in [2.45, 2.75) is 83.7 Å². The molecule has 0 saturated carbocycles. The van der Waals surface area contributed by atoms with Gasteiger partial charge in [-0.25, -0.2) is 0 Å². The molecule has 1 atom stereocenters. The number of quaternary nitrogens is 1. The maximum atomic E-state index is 10.2. The van der Waals surface area contributed by atoms with E-state index in [1.807, 2.05) is 0 Å². The Bertz CT molecular complexity index is 277. The lowest BCUT2D eigenvalue weighted by Gasteiger charge is -2.32. The van der Waals surface area contributed by atoms with Crippen LogP contribution >= 0.6 is 0 Å². The molecule has 140 valence electrons. The Kier molecular flexibility index (Phi) is 12.5. The quantitative estimate of drug-likeness (QED) is 0.268. The number of hydrogen-bond donors (Lipinski definition) is 1. The molecule has 4 heteroatoms. The second-order valence-corrected chi connectivity index (χ2v) is 14.6. The zero-order valence-electron chi connectivity index (χ0n) is 16.9. The predicted octanol–water partition coefficient (Wildman–Crippen LogP) is 4.53. The normalized spacial score (nSPS) is 14.2. The van der Waals surface area contributed by atoms with Gasteiger partial charge in [-0.3, -0.25) is 0 Å². The van der Waals surface area contributed by atoms with Crippen molar-refractivity contribution in [3.05, 3.63) is 0 Å². The molecular formula is C19H44NO2Si+. The minimum Gasteiger partial charge on any atom is -0.385 e. The molecule has 0 spiro atoms. The van der Waals surface area contributed by atoms with E-state index in [1.54, 1.807) is 0 Å². The summed E-state index contributed by atoms with van der Waals surface area (Å²) in [6, 6.07) is 1.31. The van der Waals surface area contributed by atoms with Crippen LogP contribution < -0.4 is 0 Å². The van der Waals surface area contributed by atoms with Gasteiger partial charge in [-0.2, -0.15) is 0 Å². The Balaban J connectivity index is 3.67. The summed E-state index contributed by atoms with van der Waals surface area (Å²) in [5, 5.41) is 10.2. The summed E-state index contributed by atoms with van der Waals surface area (Å²) < 4.78 is 6.56. The fourth-order valence-corrected chi connectivity index (χ4v) is 4.16. The Morgan fingerprint density at radius 3 is 2.17 bits per heavy atom. The van der Waals surface area contributed by atoms with Crippen LogP contribution in [0.1, 0.15) is 51.9 Å². The molecule has 0 saturated heterocycles. The highest BCUT2D eigenvalue weighted by molar-refractivity contribution is 6.76. The predicted molar refractivity (Wildman–Crippen MR) is 105 cm³/mol. The van der Waals surface area contributed by atoms with E-state index in [4.69, 9.17) is 4.74 Å². The van der Waals surface area contributed by atoms with Gasteiger partial charge in [0.05, 0.1) is 27.2 Å². The first-order valence-electron chi connectivity index (χ1n) is 9.74. The lowest BCUT2D eigenvalue weighted by Crippen LogP contribution is -2.47. The van der Waals surface area contributed by atoms with E-state index in [0.717, 1.165) is 30.6 Å². The van der Waals surface area contributed by atoms with Crippen LogP contribution in [0.2, 0.25) is 25.7 Å². The summed E-state index contributed by atoms with van der Waals surface area (Å²) in [7, 11) is 3.50. The van der Waals surface area contributed by atoms with Crippen LogP contribution in [-0.2, 0) is 4.74 Å². The highest BCUT2D eigenvalue weighted by Gasteiger charge is 2.20. The number of ether oxygens (including phenoxy) is 1. The van der Waals surface area contributed by atoms with Gasteiger partial charge < -0.3 is 14.3 Å². The summed E-state index contributed by atoms with van der Waals surface area (Å²) in [4.78, 5) is 0. The van der Waals surface area contributed by atoms with Crippen molar-refractivity contribution >= 4 is 8.07 Å². The zero-order chi connectivity index (χ0) is 17.8. The smallest absolute Gasteiger partial charge is 0.126 e. The van der Waals surface area contributed by atoms with E-state index in [-0.39, 0.29) is 6.10 Å². The fourth-order valence-electron chi connectivity index (χ4n) is 2.96. The summed E-state index contributed by atoms with van der Waals surface area (Å²) in [6.07, 6.45) is 8.80. The molecule has 0 rings (SSSR count). The van der Waals surface area contributed by atoms with E-state index in [1.165, 1.54) is 44.6 Å². The van der Waals surface area contributed by atoms with Crippen LogP contribution in [-0.4, -0.2) is 64.2 Å². The first-order valence-corrected chi connectivity index (χ1v) is 13.4. The van der Waals surface area contributed by atoms with Gasteiger partial charge in [0.15, 0.2) is 0 Å². The van der Waals surface area contributed by atoms with Crippen molar-refractivity contribution in [2.24, 2.45) is 0 Å². The lowest BCUT2D eigenvalue weighted by atomic mass is 10.1. The van der Waals surface area contributed by atoms with Gasteiger partial charge in [-0.05, 0) is 19.3 Å². The second kappa shape index (κ2) is 12.5. The van der Waals surface area contributed by atoms with Gasteiger partial charge in [0.2, 0.25) is 0 Å². The maximum Gasteiger partial charge on any atom is 0.126 e. The molecule has 23 heavy (non-hydrogen) atoms. The van der Waals surface area contributed by atoms with Crippen LogP contribution in [0.3, 0.4) is 0 Å². The van der Waals surface area contributed by atoms with Crippen molar-refractivity contribution in [3.8, 4) is 0 Å². The van der Waals surface area contributed by atoms with E-state index < -0.39 is 8.07 Å². The number of aliphatic hydroxyl groups is 1. The average molecular weight is 347 g/mol. The Morgan fingerprint density at radius 2 is 1.57 bits per heavy atom. The molecule has 0 aromatic rings. The summed E-state index contributed by atoms with van der Waals surface area (Å²) in [5.41, 5.74) is 0. The Hall–Kier alpha value is 0.0969.